The number of amides is 1. The fourth-order valence-electron chi connectivity index (χ4n) is 2.50. The molecule has 1 aromatic carbocycles. The van der Waals surface area contributed by atoms with E-state index in [1.54, 1.807) is 0 Å². The van der Waals surface area contributed by atoms with Crippen LogP contribution >= 0.6 is 0 Å². The van der Waals surface area contributed by atoms with Crippen LogP contribution < -0.4 is 11.1 Å². The Morgan fingerprint density at radius 3 is 2.58 bits per heavy atom. The van der Waals surface area contributed by atoms with E-state index in [9.17, 15) is 4.79 Å². The minimum absolute atomic E-state index is 0.0323. The lowest BCUT2D eigenvalue weighted by Crippen LogP contribution is -2.52. The molecule has 1 saturated carbocycles. The fraction of sp³-hybridized carbons (Fsp3) is 0.562. The molecule has 1 aromatic rings. The molecule has 3 heteroatoms. The smallest absolute Gasteiger partial charge is 0.240 e. The molecule has 2 unspecified atom stereocenters. The largest absolute Gasteiger partial charge is 0.347 e. The summed E-state index contributed by atoms with van der Waals surface area (Å²) in [6.07, 6.45) is 4.01. The van der Waals surface area contributed by atoms with E-state index in [0.29, 0.717) is 12.3 Å². The Morgan fingerprint density at radius 1 is 1.42 bits per heavy atom. The highest BCUT2D eigenvalue weighted by Crippen LogP contribution is 2.41. The molecule has 0 spiro atoms. The number of benzene rings is 1. The van der Waals surface area contributed by atoms with E-state index in [4.69, 9.17) is 5.73 Å². The lowest BCUT2D eigenvalue weighted by Gasteiger charge is -2.27. The van der Waals surface area contributed by atoms with E-state index in [0.717, 1.165) is 6.42 Å². The summed E-state index contributed by atoms with van der Waals surface area (Å²) in [6.45, 7) is 3.87. The summed E-state index contributed by atoms with van der Waals surface area (Å²) in [5, 5.41) is 3.16. The van der Waals surface area contributed by atoms with Crippen molar-refractivity contribution in [3.05, 3.63) is 35.9 Å². The monoisotopic (exact) mass is 260 g/mol. The van der Waals surface area contributed by atoms with Crippen LogP contribution in [0.2, 0.25) is 0 Å². The predicted octanol–water partition coefficient (Wildman–Crippen LogP) is 2.77. The summed E-state index contributed by atoms with van der Waals surface area (Å²) in [5.74, 6) is 0.541. The van der Waals surface area contributed by atoms with E-state index in [1.807, 2.05) is 32.0 Å². The van der Waals surface area contributed by atoms with Crippen molar-refractivity contribution in [3.8, 4) is 0 Å². The SMILES string of the molecule is CCCC(C)(N)C(=O)NC(c1ccccc1)C1CC1. The minimum atomic E-state index is -0.767. The summed E-state index contributed by atoms with van der Waals surface area (Å²) >= 11 is 0. The third-order valence-corrected chi connectivity index (χ3v) is 3.83. The molecule has 1 amide bonds. The fourth-order valence-corrected chi connectivity index (χ4v) is 2.50. The molecule has 0 radical (unpaired) electrons. The van der Waals surface area contributed by atoms with Crippen molar-refractivity contribution >= 4 is 5.91 Å². The molecule has 0 heterocycles. The average Bonchev–Trinajstić information content (AvgIpc) is 3.21. The first-order chi connectivity index (χ1) is 9.04. The highest BCUT2D eigenvalue weighted by atomic mass is 16.2. The summed E-state index contributed by atoms with van der Waals surface area (Å²) in [7, 11) is 0. The second kappa shape index (κ2) is 5.74. The molecular formula is C16H24N2O. The Labute approximate surface area is 115 Å². The second-order valence-electron chi connectivity index (χ2n) is 5.87. The molecule has 1 aliphatic carbocycles. The van der Waals surface area contributed by atoms with Crippen LogP contribution in [0.1, 0.15) is 51.1 Å². The Morgan fingerprint density at radius 2 is 2.05 bits per heavy atom. The van der Waals surface area contributed by atoms with Crippen molar-refractivity contribution in [2.45, 2.75) is 51.1 Å². The zero-order valence-electron chi connectivity index (χ0n) is 11.9. The number of hydrogen-bond acceptors (Lipinski definition) is 2. The van der Waals surface area contributed by atoms with Gasteiger partial charge in [0, 0.05) is 0 Å². The van der Waals surface area contributed by atoms with Gasteiger partial charge in [0.25, 0.3) is 0 Å². The lowest BCUT2D eigenvalue weighted by atomic mass is 9.94. The Kier molecular flexibility index (Phi) is 4.25. The molecule has 0 aliphatic heterocycles. The Balaban J connectivity index is 2.08. The van der Waals surface area contributed by atoms with Crippen LogP contribution in [0.15, 0.2) is 30.3 Å². The van der Waals surface area contributed by atoms with Crippen molar-refractivity contribution in [2.24, 2.45) is 11.7 Å². The summed E-state index contributed by atoms with van der Waals surface area (Å²) in [4.78, 5) is 12.3. The summed E-state index contributed by atoms with van der Waals surface area (Å²) in [5.41, 5.74) is 6.52. The van der Waals surface area contributed by atoms with Crippen LogP contribution in [-0.4, -0.2) is 11.4 Å². The number of rotatable bonds is 6. The number of nitrogens with one attached hydrogen (secondary N) is 1. The molecule has 2 rings (SSSR count). The van der Waals surface area contributed by atoms with Gasteiger partial charge in [-0.05, 0) is 37.7 Å². The number of hydrogen-bond donors (Lipinski definition) is 2. The van der Waals surface area contributed by atoms with E-state index >= 15 is 0 Å². The van der Waals surface area contributed by atoms with Gasteiger partial charge in [0.1, 0.15) is 0 Å². The molecule has 0 saturated heterocycles. The summed E-state index contributed by atoms with van der Waals surface area (Å²) < 4.78 is 0. The highest BCUT2D eigenvalue weighted by molar-refractivity contribution is 5.86. The average molecular weight is 260 g/mol. The van der Waals surface area contributed by atoms with E-state index in [1.165, 1.54) is 18.4 Å². The number of carbonyl (C=O) groups excluding carboxylic acids is 1. The van der Waals surface area contributed by atoms with Crippen LogP contribution in [0.4, 0.5) is 0 Å². The second-order valence-corrected chi connectivity index (χ2v) is 5.87. The zero-order valence-corrected chi connectivity index (χ0v) is 11.9. The van der Waals surface area contributed by atoms with Crippen molar-refractivity contribution in [2.75, 3.05) is 0 Å². The molecule has 19 heavy (non-hydrogen) atoms. The van der Waals surface area contributed by atoms with Crippen LogP contribution in [-0.2, 0) is 4.79 Å². The molecule has 3 nitrogen and oxygen atoms in total. The third-order valence-electron chi connectivity index (χ3n) is 3.83. The van der Waals surface area contributed by atoms with Gasteiger partial charge in [0.2, 0.25) is 5.91 Å². The first kappa shape index (κ1) is 14.1. The van der Waals surface area contributed by atoms with Gasteiger partial charge in [0.15, 0.2) is 0 Å². The van der Waals surface area contributed by atoms with Gasteiger partial charge in [0.05, 0.1) is 11.6 Å². The lowest BCUT2D eigenvalue weighted by molar-refractivity contribution is -0.127. The molecule has 0 aromatic heterocycles. The molecule has 104 valence electrons. The van der Waals surface area contributed by atoms with Crippen molar-refractivity contribution in [1.29, 1.82) is 0 Å². The van der Waals surface area contributed by atoms with Crippen molar-refractivity contribution in [1.82, 2.24) is 5.32 Å². The maximum absolute atomic E-state index is 12.3. The van der Waals surface area contributed by atoms with Crippen LogP contribution in [0.3, 0.4) is 0 Å². The third kappa shape index (κ3) is 3.57. The number of nitrogens with two attached hydrogens (primary N) is 1. The maximum atomic E-state index is 12.3. The Bertz CT molecular complexity index is 424. The zero-order chi connectivity index (χ0) is 13.9. The molecule has 1 aliphatic rings. The van der Waals surface area contributed by atoms with Crippen LogP contribution in [0, 0.1) is 5.92 Å². The Hall–Kier alpha value is -1.35. The van der Waals surface area contributed by atoms with Crippen LogP contribution in [0.25, 0.3) is 0 Å². The van der Waals surface area contributed by atoms with Gasteiger partial charge >= 0.3 is 0 Å². The van der Waals surface area contributed by atoms with Crippen LogP contribution in [0.5, 0.6) is 0 Å². The predicted molar refractivity (Wildman–Crippen MR) is 77.6 cm³/mol. The highest BCUT2D eigenvalue weighted by Gasteiger charge is 2.36. The van der Waals surface area contributed by atoms with E-state index in [-0.39, 0.29) is 11.9 Å². The van der Waals surface area contributed by atoms with E-state index in [2.05, 4.69) is 17.4 Å². The minimum Gasteiger partial charge on any atom is -0.347 e. The van der Waals surface area contributed by atoms with Gasteiger partial charge in [-0.15, -0.1) is 0 Å². The van der Waals surface area contributed by atoms with Gasteiger partial charge in [-0.2, -0.15) is 0 Å². The number of carbonyl (C=O) groups is 1. The quantitative estimate of drug-likeness (QED) is 0.826. The van der Waals surface area contributed by atoms with Gasteiger partial charge in [-0.1, -0.05) is 43.7 Å². The molecule has 2 atom stereocenters. The normalized spacial score (nSPS) is 19.5. The summed E-state index contributed by atoms with van der Waals surface area (Å²) in [6, 6.07) is 10.3. The van der Waals surface area contributed by atoms with Crippen molar-refractivity contribution < 1.29 is 4.79 Å². The standard InChI is InChI=1S/C16H24N2O/c1-3-11-16(2,17)15(19)18-14(13-9-10-13)12-7-5-4-6-8-12/h4-8,13-14H,3,9-11,17H2,1-2H3,(H,18,19). The molecular weight excluding hydrogens is 236 g/mol. The van der Waals surface area contributed by atoms with Gasteiger partial charge in [-0.25, -0.2) is 0 Å². The molecule has 3 N–H and O–H groups in total. The van der Waals surface area contributed by atoms with Crippen molar-refractivity contribution in [3.63, 3.8) is 0 Å². The topological polar surface area (TPSA) is 55.1 Å². The van der Waals surface area contributed by atoms with E-state index < -0.39 is 5.54 Å². The molecule has 1 fully saturated rings. The first-order valence-corrected chi connectivity index (χ1v) is 7.19. The molecule has 0 bridgehead atoms. The maximum Gasteiger partial charge on any atom is 0.240 e. The van der Waals surface area contributed by atoms with Gasteiger partial charge in [-0.3, -0.25) is 4.79 Å². The first-order valence-electron chi connectivity index (χ1n) is 7.19. The van der Waals surface area contributed by atoms with Gasteiger partial charge < -0.3 is 11.1 Å².